The van der Waals surface area contributed by atoms with Crippen LogP contribution in [0.3, 0.4) is 0 Å². The second-order valence-corrected chi connectivity index (χ2v) is 5.01. The van der Waals surface area contributed by atoms with Gasteiger partial charge in [-0.1, -0.05) is 0 Å². The molecule has 2 heterocycles. The van der Waals surface area contributed by atoms with E-state index in [1.807, 2.05) is 0 Å². The number of imide groups is 1. The molecule has 1 saturated heterocycles. The van der Waals surface area contributed by atoms with Crippen LogP contribution in [0.25, 0.3) is 0 Å². The largest absolute Gasteiger partial charge is 0.314 e. The lowest BCUT2D eigenvalue weighted by Crippen LogP contribution is -2.65. The minimum Gasteiger partial charge on any atom is -0.314 e. The third-order valence-electron chi connectivity index (χ3n) is 3.21. The van der Waals surface area contributed by atoms with Crippen LogP contribution in [0.1, 0.15) is 24.3 Å². The summed E-state index contributed by atoms with van der Waals surface area (Å²) in [5.74, 6) is -1.67. The second-order valence-electron chi connectivity index (χ2n) is 5.01. The van der Waals surface area contributed by atoms with Gasteiger partial charge in [0.25, 0.3) is 17.4 Å². The van der Waals surface area contributed by atoms with Crippen molar-refractivity contribution >= 4 is 17.7 Å². The third kappa shape index (κ3) is 2.20. The molecule has 1 aromatic rings. The summed E-state index contributed by atoms with van der Waals surface area (Å²) in [7, 11) is 1.42. The van der Waals surface area contributed by atoms with Gasteiger partial charge in [-0.05, 0) is 19.9 Å². The SMILES string of the molecule is Cn1nc(C(=O)N2CC(=O)NC(=O)C2(C)C)ccc1=O. The predicted octanol–water partition coefficient (Wildman–Crippen LogP) is -1.34. The van der Waals surface area contributed by atoms with Crippen LogP contribution in [0.4, 0.5) is 0 Å². The number of aromatic nitrogens is 2. The van der Waals surface area contributed by atoms with Gasteiger partial charge < -0.3 is 4.90 Å². The van der Waals surface area contributed by atoms with E-state index in [2.05, 4.69) is 10.4 Å². The smallest absolute Gasteiger partial charge is 0.275 e. The minimum absolute atomic E-state index is 0.00248. The molecule has 106 valence electrons. The van der Waals surface area contributed by atoms with Gasteiger partial charge in [0.15, 0.2) is 0 Å². The predicted molar refractivity (Wildman–Crippen MR) is 67.7 cm³/mol. The molecule has 3 amide bonds. The molecule has 0 spiro atoms. The van der Waals surface area contributed by atoms with Gasteiger partial charge in [-0.2, -0.15) is 5.10 Å². The van der Waals surface area contributed by atoms with Crippen LogP contribution in [-0.2, 0) is 16.6 Å². The Hall–Kier alpha value is -2.51. The molecule has 8 nitrogen and oxygen atoms in total. The first-order chi connectivity index (χ1) is 9.23. The van der Waals surface area contributed by atoms with Gasteiger partial charge in [0, 0.05) is 13.1 Å². The highest BCUT2D eigenvalue weighted by molar-refractivity contribution is 6.08. The average Bonchev–Trinajstić information content (AvgIpc) is 2.36. The van der Waals surface area contributed by atoms with Crippen molar-refractivity contribution in [2.24, 2.45) is 7.05 Å². The summed E-state index contributed by atoms with van der Waals surface area (Å²) in [4.78, 5) is 48.0. The van der Waals surface area contributed by atoms with Crippen LogP contribution >= 0.6 is 0 Å². The van der Waals surface area contributed by atoms with Crippen molar-refractivity contribution in [3.05, 3.63) is 28.2 Å². The van der Waals surface area contributed by atoms with E-state index in [1.165, 1.54) is 33.0 Å². The molecule has 8 heteroatoms. The first-order valence-electron chi connectivity index (χ1n) is 5.94. The van der Waals surface area contributed by atoms with Crippen molar-refractivity contribution < 1.29 is 14.4 Å². The summed E-state index contributed by atoms with van der Waals surface area (Å²) in [6, 6.07) is 2.48. The van der Waals surface area contributed by atoms with Crippen molar-refractivity contribution in [1.29, 1.82) is 0 Å². The van der Waals surface area contributed by atoms with E-state index in [0.29, 0.717) is 0 Å². The topological polar surface area (TPSA) is 101 Å². The zero-order valence-electron chi connectivity index (χ0n) is 11.3. The quantitative estimate of drug-likeness (QED) is 0.640. The minimum atomic E-state index is -1.17. The van der Waals surface area contributed by atoms with Crippen LogP contribution in [0, 0.1) is 0 Å². The Morgan fingerprint density at radius 1 is 1.30 bits per heavy atom. The number of aryl methyl sites for hydroxylation is 1. The van der Waals surface area contributed by atoms with Crippen molar-refractivity contribution in [3.8, 4) is 0 Å². The van der Waals surface area contributed by atoms with E-state index >= 15 is 0 Å². The van der Waals surface area contributed by atoms with E-state index in [9.17, 15) is 19.2 Å². The molecule has 0 aliphatic carbocycles. The normalized spacial score (nSPS) is 17.9. The molecular weight excluding hydrogens is 264 g/mol. The van der Waals surface area contributed by atoms with E-state index in [-0.39, 0.29) is 17.8 Å². The average molecular weight is 278 g/mol. The highest BCUT2D eigenvalue weighted by atomic mass is 16.2. The fourth-order valence-corrected chi connectivity index (χ4v) is 1.86. The Morgan fingerprint density at radius 3 is 2.55 bits per heavy atom. The Bertz CT molecular complexity index is 662. The van der Waals surface area contributed by atoms with E-state index in [0.717, 1.165) is 9.58 Å². The Balaban J connectivity index is 2.40. The maximum absolute atomic E-state index is 12.4. The van der Waals surface area contributed by atoms with Crippen LogP contribution in [0.15, 0.2) is 16.9 Å². The fourth-order valence-electron chi connectivity index (χ4n) is 1.86. The third-order valence-corrected chi connectivity index (χ3v) is 3.21. The molecule has 1 N–H and O–H groups in total. The van der Waals surface area contributed by atoms with Gasteiger partial charge >= 0.3 is 0 Å². The van der Waals surface area contributed by atoms with E-state index in [4.69, 9.17) is 0 Å². The summed E-state index contributed by atoms with van der Waals surface area (Å²) in [6.07, 6.45) is 0. The highest BCUT2D eigenvalue weighted by Gasteiger charge is 2.44. The number of carbonyl (C=O) groups is 3. The van der Waals surface area contributed by atoms with Crippen molar-refractivity contribution in [1.82, 2.24) is 20.0 Å². The Labute approximate surface area is 114 Å². The summed E-state index contributed by atoms with van der Waals surface area (Å²) >= 11 is 0. The van der Waals surface area contributed by atoms with Crippen LogP contribution < -0.4 is 10.9 Å². The van der Waals surface area contributed by atoms with Crippen molar-refractivity contribution in [2.45, 2.75) is 19.4 Å². The second kappa shape index (κ2) is 4.55. The molecule has 0 bridgehead atoms. The molecule has 0 saturated carbocycles. The van der Waals surface area contributed by atoms with Gasteiger partial charge in [-0.15, -0.1) is 0 Å². The van der Waals surface area contributed by atoms with Gasteiger partial charge in [-0.25, -0.2) is 4.68 Å². The van der Waals surface area contributed by atoms with Gasteiger partial charge in [-0.3, -0.25) is 24.5 Å². The number of rotatable bonds is 1. The number of hydrogen-bond donors (Lipinski definition) is 1. The number of piperazine rings is 1. The maximum atomic E-state index is 12.4. The summed E-state index contributed by atoms with van der Waals surface area (Å²) in [5, 5.41) is 6.01. The van der Waals surface area contributed by atoms with Crippen LogP contribution in [-0.4, -0.2) is 44.5 Å². The monoisotopic (exact) mass is 278 g/mol. The number of nitrogens with one attached hydrogen (secondary N) is 1. The van der Waals surface area contributed by atoms with Crippen molar-refractivity contribution in [3.63, 3.8) is 0 Å². The lowest BCUT2D eigenvalue weighted by Gasteiger charge is -2.39. The molecule has 1 aliphatic heterocycles. The molecule has 1 aromatic heterocycles. The molecule has 0 radical (unpaired) electrons. The summed E-state index contributed by atoms with van der Waals surface area (Å²) in [6.45, 7) is 2.84. The lowest BCUT2D eigenvalue weighted by atomic mass is 9.98. The standard InChI is InChI=1S/C12H14N4O4/c1-12(2)11(20)13-8(17)6-16(12)10(19)7-4-5-9(18)15(3)14-7/h4-5H,6H2,1-3H3,(H,13,17,20). The zero-order valence-corrected chi connectivity index (χ0v) is 11.3. The van der Waals surface area contributed by atoms with Crippen LogP contribution in [0.5, 0.6) is 0 Å². The highest BCUT2D eigenvalue weighted by Crippen LogP contribution is 2.20. The number of hydrogen-bond acceptors (Lipinski definition) is 5. The lowest BCUT2D eigenvalue weighted by molar-refractivity contribution is -0.143. The zero-order chi connectivity index (χ0) is 15.1. The fraction of sp³-hybridized carbons (Fsp3) is 0.417. The molecule has 0 atom stereocenters. The maximum Gasteiger partial charge on any atom is 0.275 e. The molecule has 0 aromatic carbocycles. The molecule has 1 fully saturated rings. The molecular formula is C12H14N4O4. The first kappa shape index (κ1) is 13.9. The number of nitrogens with zero attached hydrogens (tertiary/aromatic N) is 3. The Kier molecular flexibility index (Phi) is 3.16. The van der Waals surface area contributed by atoms with Gasteiger partial charge in [0.2, 0.25) is 5.91 Å². The number of carbonyl (C=O) groups excluding carboxylic acids is 3. The summed E-state index contributed by atoms with van der Waals surface area (Å²) < 4.78 is 1.02. The van der Waals surface area contributed by atoms with E-state index in [1.54, 1.807) is 0 Å². The molecule has 2 rings (SSSR count). The van der Waals surface area contributed by atoms with E-state index < -0.39 is 23.3 Å². The first-order valence-corrected chi connectivity index (χ1v) is 5.94. The molecule has 0 unspecified atom stereocenters. The van der Waals surface area contributed by atoms with Crippen molar-refractivity contribution in [2.75, 3.05) is 6.54 Å². The summed E-state index contributed by atoms with van der Waals surface area (Å²) in [5.41, 5.74) is -1.52. The van der Waals surface area contributed by atoms with Crippen LogP contribution in [0.2, 0.25) is 0 Å². The molecule has 20 heavy (non-hydrogen) atoms. The number of amides is 3. The van der Waals surface area contributed by atoms with Gasteiger partial charge in [0.1, 0.15) is 17.8 Å². The molecule has 1 aliphatic rings. The Morgan fingerprint density at radius 2 is 1.95 bits per heavy atom. The van der Waals surface area contributed by atoms with Gasteiger partial charge in [0.05, 0.1) is 0 Å².